The fourth-order valence-corrected chi connectivity index (χ4v) is 22.8. The summed E-state index contributed by atoms with van der Waals surface area (Å²) in [6.07, 6.45) is 0. The Bertz CT molecular complexity index is 594. The maximum absolute atomic E-state index is 2.42. The van der Waals surface area contributed by atoms with E-state index in [0.717, 1.165) is 0 Å². The van der Waals surface area contributed by atoms with Crippen molar-refractivity contribution >= 4 is 63.5 Å². The van der Waals surface area contributed by atoms with Gasteiger partial charge in [0.15, 0.2) is 0 Å². The van der Waals surface area contributed by atoms with Crippen molar-refractivity contribution in [2.45, 2.75) is 20.8 Å². The molecule has 0 unspecified atom stereocenters. The van der Waals surface area contributed by atoms with Crippen LogP contribution in [0.25, 0.3) is 0 Å². The summed E-state index contributed by atoms with van der Waals surface area (Å²) in [6, 6.07) is 7.27. The fraction of sp³-hybridized carbons (Fsp3) is 0.200. The van der Waals surface area contributed by atoms with Gasteiger partial charge in [-0.15, -0.1) is 0 Å². The Morgan fingerprint density at radius 1 is 0.632 bits per heavy atom. The van der Waals surface area contributed by atoms with E-state index >= 15 is 0 Å². The predicted octanol–water partition coefficient (Wildman–Crippen LogP) is 3.31. The average molecular weight is 500 g/mol. The maximum atomic E-state index is 2.42. The van der Waals surface area contributed by atoms with Crippen LogP contribution in [0.4, 0.5) is 0 Å². The second-order valence-electron chi connectivity index (χ2n) is 4.72. The molecule has 0 saturated carbocycles. The van der Waals surface area contributed by atoms with E-state index < -0.39 is 21.8 Å². The molecule has 0 nitrogen and oxygen atoms in total. The SMILES string of the molecule is Cc1cs[c]([Bi]([c]2cc(C)cs2)[c]2cc(C)cs2)c1. The van der Waals surface area contributed by atoms with E-state index in [-0.39, 0.29) is 0 Å². The third-order valence-corrected chi connectivity index (χ3v) is 20.5. The number of hydrogen-bond acceptors (Lipinski definition) is 3. The molecule has 0 N–H and O–H groups in total. The van der Waals surface area contributed by atoms with Gasteiger partial charge in [-0.05, 0) is 0 Å². The molecule has 0 atom stereocenters. The second kappa shape index (κ2) is 5.77. The van der Waals surface area contributed by atoms with E-state index in [9.17, 15) is 0 Å². The van der Waals surface area contributed by atoms with Crippen molar-refractivity contribution in [1.82, 2.24) is 0 Å². The van der Waals surface area contributed by atoms with Gasteiger partial charge in [0.05, 0.1) is 0 Å². The van der Waals surface area contributed by atoms with Crippen LogP contribution in [0.15, 0.2) is 34.3 Å². The monoisotopic (exact) mass is 500 g/mol. The molecular weight excluding hydrogens is 485 g/mol. The van der Waals surface area contributed by atoms with Gasteiger partial charge >= 0.3 is 135 Å². The molecule has 0 spiro atoms. The standard InChI is InChI=1S/3C5H5S.Bi/c3*1-5-2-3-6-4-5;/h3*2,4H,1H3;. The molecule has 3 aromatic heterocycles. The van der Waals surface area contributed by atoms with Gasteiger partial charge < -0.3 is 0 Å². The van der Waals surface area contributed by atoms with Gasteiger partial charge in [-0.2, -0.15) is 0 Å². The van der Waals surface area contributed by atoms with Gasteiger partial charge in [0.2, 0.25) is 0 Å². The normalized spacial score (nSPS) is 11.4. The van der Waals surface area contributed by atoms with Crippen LogP contribution in [-0.4, -0.2) is 21.8 Å². The summed E-state index contributed by atoms with van der Waals surface area (Å²) in [4.78, 5) is 0. The molecular formula is C15H15BiS3. The Morgan fingerprint density at radius 2 is 0.947 bits per heavy atom. The molecule has 0 saturated heterocycles. The van der Waals surface area contributed by atoms with E-state index in [2.05, 4.69) is 55.1 Å². The van der Waals surface area contributed by atoms with Crippen molar-refractivity contribution in [3.63, 3.8) is 0 Å². The van der Waals surface area contributed by atoms with E-state index in [1.165, 1.54) is 16.7 Å². The molecule has 0 aliphatic heterocycles. The molecule has 0 bridgehead atoms. The second-order valence-corrected chi connectivity index (χ2v) is 19.4. The summed E-state index contributed by atoms with van der Waals surface area (Å²) in [5.74, 6) is 0. The molecule has 19 heavy (non-hydrogen) atoms. The molecule has 0 aliphatic rings. The summed E-state index contributed by atoms with van der Waals surface area (Å²) in [5, 5.41) is 6.91. The Balaban J connectivity index is 2.10. The molecule has 98 valence electrons. The summed E-state index contributed by atoms with van der Waals surface area (Å²) in [6.45, 7) is 6.63. The van der Waals surface area contributed by atoms with Gasteiger partial charge in [-0.3, -0.25) is 0 Å². The van der Waals surface area contributed by atoms with Crippen LogP contribution in [-0.2, 0) is 0 Å². The minimum atomic E-state index is -1.95. The molecule has 0 aromatic carbocycles. The zero-order valence-corrected chi connectivity index (χ0v) is 17.1. The Kier molecular flexibility index (Phi) is 4.23. The summed E-state index contributed by atoms with van der Waals surface area (Å²) < 4.78 is 4.99. The van der Waals surface area contributed by atoms with Crippen LogP contribution >= 0.6 is 34.0 Å². The van der Waals surface area contributed by atoms with Gasteiger partial charge in [0.1, 0.15) is 0 Å². The van der Waals surface area contributed by atoms with E-state index in [4.69, 9.17) is 0 Å². The van der Waals surface area contributed by atoms with Crippen LogP contribution < -0.4 is 7.76 Å². The first-order chi connectivity index (χ1) is 9.13. The molecule has 0 amide bonds. The summed E-state index contributed by atoms with van der Waals surface area (Å²) in [7, 11) is 0. The van der Waals surface area contributed by atoms with Crippen LogP contribution in [0, 0.1) is 20.8 Å². The van der Waals surface area contributed by atoms with Crippen LogP contribution in [0.1, 0.15) is 16.7 Å². The minimum absolute atomic E-state index is 1.42. The Labute approximate surface area is 134 Å². The van der Waals surface area contributed by atoms with E-state index in [1.54, 1.807) is 7.76 Å². The summed E-state index contributed by atoms with van der Waals surface area (Å²) in [5.41, 5.74) is 4.25. The third-order valence-electron chi connectivity index (χ3n) is 2.81. The Hall–Kier alpha value is -0.0169. The quantitative estimate of drug-likeness (QED) is 0.485. The number of rotatable bonds is 3. The van der Waals surface area contributed by atoms with Crippen molar-refractivity contribution in [3.05, 3.63) is 51.0 Å². The first-order valence-electron chi connectivity index (χ1n) is 6.09. The van der Waals surface area contributed by atoms with Crippen molar-refractivity contribution in [3.8, 4) is 0 Å². The predicted molar refractivity (Wildman–Crippen MR) is 91.8 cm³/mol. The first-order valence-corrected chi connectivity index (χ1v) is 13.9. The van der Waals surface area contributed by atoms with Crippen LogP contribution in [0.3, 0.4) is 0 Å². The van der Waals surface area contributed by atoms with Crippen molar-refractivity contribution in [2.24, 2.45) is 0 Å². The molecule has 4 heteroatoms. The van der Waals surface area contributed by atoms with Gasteiger partial charge in [-0.1, -0.05) is 0 Å². The average Bonchev–Trinajstić information content (AvgIpc) is 3.05. The fourth-order valence-electron chi connectivity index (χ4n) is 1.93. The molecule has 3 aromatic rings. The topological polar surface area (TPSA) is 0 Å². The third kappa shape index (κ3) is 3.02. The molecule has 0 fully saturated rings. The zero-order valence-electron chi connectivity index (χ0n) is 11.1. The molecule has 3 rings (SSSR count). The van der Waals surface area contributed by atoms with Crippen molar-refractivity contribution < 1.29 is 0 Å². The molecule has 0 aliphatic carbocycles. The van der Waals surface area contributed by atoms with Gasteiger partial charge in [0, 0.05) is 0 Å². The van der Waals surface area contributed by atoms with Crippen molar-refractivity contribution in [1.29, 1.82) is 0 Å². The first kappa shape index (κ1) is 13.9. The number of hydrogen-bond donors (Lipinski definition) is 0. The van der Waals surface area contributed by atoms with E-state index in [1.807, 2.05) is 34.0 Å². The van der Waals surface area contributed by atoms with Crippen molar-refractivity contribution in [2.75, 3.05) is 0 Å². The van der Waals surface area contributed by atoms with Crippen LogP contribution in [0.2, 0.25) is 0 Å². The summed E-state index contributed by atoms with van der Waals surface area (Å²) >= 11 is 3.96. The van der Waals surface area contributed by atoms with Gasteiger partial charge in [0.25, 0.3) is 0 Å². The van der Waals surface area contributed by atoms with E-state index in [0.29, 0.717) is 0 Å². The van der Waals surface area contributed by atoms with Gasteiger partial charge in [-0.25, -0.2) is 0 Å². The molecule has 0 radical (unpaired) electrons. The number of aryl methyl sites for hydroxylation is 3. The van der Waals surface area contributed by atoms with Crippen LogP contribution in [0.5, 0.6) is 0 Å². The Morgan fingerprint density at radius 3 is 1.16 bits per heavy atom. The molecule has 3 heterocycles. The zero-order chi connectivity index (χ0) is 13.4. The number of thiophene rings is 3.